The van der Waals surface area contributed by atoms with Gasteiger partial charge in [-0.25, -0.2) is 14.4 Å². The molecule has 4 saturated carbocycles. The number of fused-ring (bicyclic) bond motifs is 2. The molecule has 17 nitrogen and oxygen atoms in total. The van der Waals surface area contributed by atoms with E-state index < -0.39 is 5.97 Å². The van der Waals surface area contributed by atoms with Gasteiger partial charge in [0.1, 0.15) is 5.76 Å². The van der Waals surface area contributed by atoms with Gasteiger partial charge in [-0.05, 0) is 210 Å². The van der Waals surface area contributed by atoms with E-state index >= 15 is 0 Å². The summed E-state index contributed by atoms with van der Waals surface area (Å²) in [7, 11) is 0. The first kappa shape index (κ1) is 69.1. The number of hydrogen-bond acceptors (Lipinski definition) is 11. The molecule has 11 rings (SSSR count). The number of carbonyl (C=O) groups is 2. The van der Waals surface area contributed by atoms with Gasteiger partial charge in [0, 0.05) is 47.3 Å². The third-order valence-electron chi connectivity index (χ3n) is 17.6. The number of nitrogen functional groups attached to an aromatic ring is 2. The van der Waals surface area contributed by atoms with Gasteiger partial charge in [-0.15, -0.1) is 0 Å². The normalized spacial score (nSPS) is 15.8. The number of carbonyl (C=O) groups excluding carboxylic acids is 1. The van der Waals surface area contributed by atoms with Crippen molar-refractivity contribution in [1.29, 1.82) is 0 Å². The molecule has 0 spiro atoms. The van der Waals surface area contributed by atoms with Gasteiger partial charge in [0.05, 0.1) is 38.6 Å². The Morgan fingerprint density at radius 3 is 1.44 bits per heavy atom. The Bertz CT molecular complexity index is 3600. The molecule has 4 aliphatic carbocycles. The number of carboxylic acid groups (broad SMARTS) is 1. The summed E-state index contributed by atoms with van der Waals surface area (Å²) >= 11 is 6.41. The standard InChI is InChI=1S/C21H25N3O3.C16H19IN2O2.C15H21IN2O.C8H17N.C7H6INO2/c1-13-19(14(2)27-23-13)16-8-9-18-17(12-16)20(25)24(21(26)22-18)11-10-15-6-4-3-5-7-15;17-12-6-7-14-13(10-12)15(20)19(16(21)18-14)9-8-11-4-2-1-3-5-11;16-12-6-7-14(17)13(10-12)15(19)18-9-8-11-4-2-1-3-5-11;9-7-6-8-4-2-1-3-5-8;8-4-1-2-6(9)5(3-4)7(10)11/h8-9,12,15H,3-7,10-11H2,1-2H3,(H,22,26);6-7,10-11H,1-5,8-9H2,(H,18,21);6-7,10-11H,1-5,8-9,17H2,(H,18,19);8H,1-7,9H2;1-3H,9H2,(H,10,11). The smallest absolute Gasteiger partial charge is 0.337 e. The second-order valence-corrected chi connectivity index (χ2v) is 27.6. The quantitative estimate of drug-likeness (QED) is 0.0395. The maximum absolute atomic E-state index is 13.0. The Hall–Kier alpha value is -5.34. The van der Waals surface area contributed by atoms with E-state index in [2.05, 4.69) is 65.6 Å². The summed E-state index contributed by atoms with van der Waals surface area (Å²) in [6.07, 6.45) is 30.7. The maximum Gasteiger partial charge on any atom is 0.337 e. The topological polar surface area (TPSA) is 280 Å². The molecule has 3 aromatic heterocycles. The summed E-state index contributed by atoms with van der Waals surface area (Å²) in [5.74, 6) is 2.74. The first-order chi connectivity index (χ1) is 41.9. The van der Waals surface area contributed by atoms with Crippen molar-refractivity contribution >= 4 is 113 Å². The summed E-state index contributed by atoms with van der Waals surface area (Å²) < 4.78 is 10.9. The summed E-state index contributed by atoms with van der Waals surface area (Å²) in [6, 6.07) is 21.5. The van der Waals surface area contributed by atoms with E-state index in [1.165, 1.54) is 150 Å². The number of nitrogens with zero attached hydrogens (tertiary/aromatic N) is 3. The van der Waals surface area contributed by atoms with Gasteiger partial charge in [0.25, 0.3) is 17.0 Å². The predicted octanol–water partition coefficient (Wildman–Crippen LogP) is 14.3. The number of hydrogen-bond donors (Lipinski definition) is 7. The number of aromatic amines is 2. The number of benzene rings is 4. The molecule has 0 bridgehead atoms. The predicted molar refractivity (Wildman–Crippen MR) is 376 cm³/mol. The number of nitrogens with two attached hydrogens (primary N) is 3. The third-order valence-corrected chi connectivity index (χ3v) is 19.6. The monoisotopic (exact) mass is 1530 g/mol. The van der Waals surface area contributed by atoms with E-state index in [1.54, 1.807) is 30.3 Å². The average Bonchev–Trinajstić information content (AvgIpc) is 4.10. The van der Waals surface area contributed by atoms with Gasteiger partial charge in [0.15, 0.2) is 0 Å². The van der Waals surface area contributed by atoms with Crippen LogP contribution in [0.3, 0.4) is 0 Å². The van der Waals surface area contributed by atoms with Gasteiger partial charge in [-0.2, -0.15) is 0 Å². The van der Waals surface area contributed by atoms with Crippen molar-refractivity contribution in [1.82, 2.24) is 29.6 Å². The van der Waals surface area contributed by atoms with Crippen LogP contribution in [0.4, 0.5) is 11.4 Å². The highest BCUT2D eigenvalue weighted by Gasteiger charge is 2.20. The van der Waals surface area contributed by atoms with E-state index in [0.717, 1.165) is 71.7 Å². The van der Waals surface area contributed by atoms with Crippen LogP contribution in [-0.4, -0.2) is 54.3 Å². The number of aromatic nitrogens is 5. The molecule has 10 N–H and O–H groups in total. The molecule has 20 heteroatoms. The molecule has 470 valence electrons. The molecular weight excluding hydrogens is 1440 g/mol. The zero-order valence-electron chi connectivity index (χ0n) is 50.5. The highest BCUT2D eigenvalue weighted by Crippen LogP contribution is 2.31. The summed E-state index contributed by atoms with van der Waals surface area (Å²) in [6.45, 7) is 6.39. The lowest BCUT2D eigenvalue weighted by Crippen LogP contribution is -2.35. The minimum Gasteiger partial charge on any atom is -0.478 e. The Morgan fingerprint density at radius 1 is 0.575 bits per heavy atom. The van der Waals surface area contributed by atoms with Crippen LogP contribution in [0.2, 0.25) is 0 Å². The van der Waals surface area contributed by atoms with Gasteiger partial charge in [-0.1, -0.05) is 140 Å². The first-order valence-electron chi connectivity index (χ1n) is 31.3. The van der Waals surface area contributed by atoms with Crippen LogP contribution in [0.1, 0.15) is 186 Å². The first-order valence-corrected chi connectivity index (χ1v) is 34.6. The molecule has 4 aliphatic rings. The molecule has 1 amide bonds. The minimum absolute atomic E-state index is 0.0492. The number of rotatable bonds is 14. The van der Waals surface area contributed by atoms with Crippen LogP contribution in [-0.2, 0) is 13.1 Å². The lowest BCUT2D eigenvalue weighted by molar-refractivity contribution is 0.0697. The Balaban J connectivity index is 0.000000163. The SMILES string of the molecule is Cc1noc(C)c1-c1ccc2[nH]c(=O)n(CCC3CCCCC3)c(=O)c2c1.NCCC1CCCCC1.Nc1ccc(I)cc1C(=O)NCCC1CCCCC1.Nc1ccc(I)cc1C(=O)O.O=c1[nH]c2ccc(I)cc2c(=O)n1CCC1CCCCC1. The van der Waals surface area contributed by atoms with E-state index in [9.17, 15) is 28.8 Å². The molecule has 0 radical (unpaired) electrons. The Kier molecular flexibility index (Phi) is 27.9. The molecule has 0 saturated heterocycles. The van der Waals surface area contributed by atoms with Crippen LogP contribution in [0, 0.1) is 48.2 Å². The molecule has 87 heavy (non-hydrogen) atoms. The van der Waals surface area contributed by atoms with Crippen LogP contribution >= 0.6 is 67.8 Å². The van der Waals surface area contributed by atoms with E-state index in [4.69, 9.17) is 26.8 Å². The average molecular weight is 1530 g/mol. The van der Waals surface area contributed by atoms with Crippen LogP contribution in [0.5, 0.6) is 0 Å². The second-order valence-electron chi connectivity index (χ2n) is 23.9. The maximum atomic E-state index is 13.0. The summed E-state index contributed by atoms with van der Waals surface area (Å²) in [5, 5.41) is 16.7. The van der Waals surface area contributed by atoms with Crippen molar-refractivity contribution in [2.45, 2.75) is 181 Å². The highest BCUT2D eigenvalue weighted by molar-refractivity contribution is 14.1. The molecule has 0 atom stereocenters. The molecule has 3 heterocycles. The number of aromatic carboxylic acids is 1. The minimum atomic E-state index is -0.985. The third kappa shape index (κ3) is 20.9. The number of nitrogens with one attached hydrogen (secondary N) is 3. The fourth-order valence-corrected chi connectivity index (χ4v) is 14.1. The van der Waals surface area contributed by atoms with Crippen LogP contribution < -0.4 is 45.0 Å². The van der Waals surface area contributed by atoms with Crippen molar-refractivity contribution in [3.63, 3.8) is 0 Å². The summed E-state index contributed by atoms with van der Waals surface area (Å²) in [4.78, 5) is 78.3. The fourth-order valence-electron chi connectivity index (χ4n) is 12.6. The molecule has 0 aliphatic heterocycles. The zero-order valence-corrected chi connectivity index (χ0v) is 57.0. The fraction of sp³-hybridized carbons (Fsp3) is 0.507. The van der Waals surface area contributed by atoms with E-state index in [1.807, 2.05) is 72.8 Å². The van der Waals surface area contributed by atoms with Gasteiger partial charge >= 0.3 is 17.3 Å². The van der Waals surface area contributed by atoms with Gasteiger partial charge in [0.2, 0.25) is 0 Å². The lowest BCUT2D eigenvalue weighted by atomic mass is 9.87. The van der Waals surface area contributed by atoms with Crippen molar-refractivity contribution < 1.29 is 19.2 Å². The molecule has 0 unspecified atom stereocenters. The number of amides is 1. The van der Waals surface area contributed by atoms with Crippen LogP contribution in [0.15, 0.2) is 96.5 Å². The number of halogens is 3. The second kappa shape index (κ2) is 35.2. The highest BCUT2D eigenvalue weighted by atomic mass is 127. The van der Waals surface area contributed by atoms with Crippen molar-refractivity contribution in [3.8, 4) is 11.1 Å². The number of anilines is 2. The van der Waals surface area contributed by atoms with E-state index in [-0.39, 0.29) is 34.0 Å². The van der Waals surface area contributed by atoms with Crippen molar-refractivity contribution in [3.05, 3.63) is 148 Å². The van der Waals surface area contributed by atoms with Crippen molar-refractivity contribution in [2.24, 2.45) is 29.4 Å². The van der Waals surface area contributed by atoms with Gasteiger partial charge < -0.3 is 42.1 Å². The summed E-state index contributed by atoms with van der Waals surface area (Å²) in [5.41, 5.74) is 21.1. The molecular formula is C67H88I3N9O8. The number of carboxylic acids is 1. The molecule has 7 aromatic rings. The number of H-pyrrole nitrogens is 2. The Labute approximate surface area is 551 Å². The molecule has 4 aromatic carbocycles. The van der Waals surface area contributed by atoms with Crippen molar-refractivity contribution in [2.75, 3.05) is 24.6 Å². The Morgan fingerprint density at radius 2 is 0.989 bits per heavy atom. The largest absolute Gasteiger partial charge is 0.478 e. The zero-order chi connectivity index (χ0) is 62.4. The lowest BCUT2D eigenvalue weighted by Gasteiger charge is -2.21. The van der Waals surface area contributed by atoms with Gasteiger partial charge in [-0.3, -0.25) is 23.5 Å². The van der Waals surface area contributed by atoms with Crippen LogP contribution in [0.25, 0.3) is 32.9 Å². The number of aryl methyl sites for hydroxylation is 2. The van der Waals surface area contributed by atoms with E-state index in [0.29, 0.717) is 69.4 Å². The molecule has 4 fully saturated rings.